The van der Waals surface area contributed by atoms with Crippen LogP contribution >= 0.6 is 0 Å². The number of aliphatic hydroxyl groups is 1. The second-order valence-electron chi connectivity index (χ2n) is 12.7. The zero-order valence-corrected chi connectivity index (χ0v) is 25.8. The van der Waals surface area contributed by atoms with Crippen LogP contribution in [-0.4, -0.2) is 67.5 Å². The summed E-state index contributed by atoms with van der Waals surface area (Å²) in [5.41, 5.74) is 9.82. The number of nitrogens with one attached hydrogen (secondary N) is 1. The van der Waals surface area contributed by atoms with E-state index in [0.717, 1.165) is 22.3 Å². The second-order valence-corrected chi connectivity index (χ2v) is 12.7. The highest BCUT2D eigenvalue weighted by molar-refractivity contribution is 5.93. The van der Waals surface area contributed by atoms with Gasteiger partial charge in [-0.05, 0) is 27.7 Å². The van der Waals surface area contributed by atoms with E-state index < -0.39 is 41.5 Å². The second kappa shape index (κ2) is 13.4. The van der Waals surface area contributed by atoms with Crippen LogP contribution in [0.15, 0.2) is 91.1 Å². The van der Waals surface area contributed by atoms with Gasteiger partial charge in [0.05, 0.1) is 11.8 Å². The first-order valence-corrected chi connectivity index (χ1v) is 15.2. The van der Waals surface area contributed by atoms with Gasteiger partial charge in [-0.25, -0.2) is 4.68 Å². The molecule has 1 aliphatic rings. The molecule has 0 saturated carbocycles. The fourth-order valence-electron chi connectivity index (χ4n) is 5.86. The van der Waals surface area contributed by atoms with Gasteiger partial charge in [0.25, 0.3) is 0 Å². The number of nitrogens with zero attached hydrogens (tertiary/aromatic N) is 4. The van der Waals surface area contributed by atoms with Gasteiger partial charge in [-0.1, -0.05) is 111 Å². The van der Waals surface area contributed by atoms with E-state index in [0.29, 0.717) is 12.1 Å². The lowest BCUT2D eigenvalue weighted by atomic mass is 9.85. The van der Waals surface area contributed by atoms with Crippen LogP contribution in [0.25, 0.3) is 11.1 Å². The summed E-state index contributed by atoms with van der Waals surface area (Å²) < 4.78 is 1.55. The number of amides is 3. The van der Waals surface area contributed by atoms with Gasteiger partial charge in [0.2, 0.25) is 17.7 Å². The summed E-state index contributed by atoms with van der Waals surface area (Å²) in [7, 11) is 0. The number of hydrogen-bond acceptors (Lipinski definition) is 6. The normalized spacial score (nSPS) is 17.9. The highest BCUT2D eigenvalue weighted by Gasteiger charge is 2.45. The van der Waals surface area contributed by atoms with Gasteiger partial charge >= 0.3 is 0 Å². The first-order valence-electron chi connectivity index (χ1n) is 15.2. The summed E-state index contributed by atoms with van der Waals surface area (Å²) in [6.07, 6.45) is 1.65. The van der Waals surface area contributed by atoms with Gasteiger partial charge < -0.3 is 21.1 Å². The van der Waals surface area contributed by atoms with Crippen LogP contribution in [0.1, 0.15) is 50.1 Å². The molecule has 0 spiro atoms. The summed E-state index contributed by atoms with van der Waals surface area (Å²) >= 11 is 0. The Hall–Kier alpha value is -4.83. The lowest BCUT2D eigenvalue weighted by molar-refractivity contribution is -0.144. The Morgan fingerprint density at radius 2 is 1.56 bits per heavy atom. The lowest BCUT2D eigenvalue weighted by Crippen LogP contribution is -2.54. The molecule has 4 atom stereocenters. The van der Waals surface area contributed by atoms with Crippen LogP contribution in [0.2, 0.25) is 0 Å². The van der Waals surface area contributed by atoms with Crippen molar-refractivity contribution < 1.29 is 19.5 Å². The number of primary amides is 1. The molecule has 4 unspecified atom stereocenters. The molecule has 2 heterocycles. The molecule has 1 saturated heterocycles. The number of aromatic nitrogens is 3. The molecule has 5 rings (SSSR count). The van der Waals surface area contributed by atoms with Gasteiger partial charge in [-0.3, -0.25) is 14.4 Å². The maximum Gasteiger partial charge on any atom is 0.248 e. The van der Waals surface area contributed by atoms with E-state index in [1.165, 1.54) is 4.90 Å². The van der Waals surface area contributed by atoms with Gasteiger partial charge in [0, 0.05) is 32.0 Å². The minimum absolute atomic E-state index is 0.0166. The Balaban J connectivity index is 1.30. The van der Waals surface area contributed by atoms with Crippen molar-refractivity contribution in [2.45, 2.75) is 64.3 Å². The third-order valence-corrected chi connectivity index (χ3v) is 8.13. The summed E-state index contributed by atoms with van der Waals surface area (Å²) in [5.74, 6) is -1.59. The molecule has 10 nitrogen and oxygen atoms in total. The number of likely N-dealkylation sites (tertiary alicyclic amines) is 1. The molecule has 0 aliphatic carbocycles. The predicted molar refractivity (Wildman–Crippen MR) is 171 cm³/mol. The monoisotopic (exact) mass is 608 g/mol. The van der Waals surface area contributed by atoms with Crippen LogP contribution in [0, 0.1) is 5.41 Å². The summed E-state index contributed by atoms with van der Waals surface area (Å²) in [5, 5.41) is 22.0. The fraction of sp³-hybridized carbons (Fsp3) is 0.343. The molecule has 0 radical (unpaired) electrons. The summed E-state index contributed by atoms with van der Waals surface area (Å²) in [4.78, 5) is 41.6. The Kier molecular flexibility index (Phi) is 9.43. The van der Waals surface area contributed by atoms with Crippen molar-refractivity contribution >= 4 is 17.7 Å². The number of hydrogen-bond donors (Lipinski definition) is 3. The van der Waals surface area contributed by atoms with Gasteiger partial charge in [-0.2, -0.15) is 0 Å². The average Bonchev–Trinajstić information content (AvgIpc) is 3.63. The molecule has 1 aromatic heterocycles. The number of nitrogens with two attached hydrogens (primary N) is 1. The van der Waals surface area contributed by atoms with Crippen LogP contribution in [-0.2, 0) is 27.2 Å². The number of β-amino-alcohol motifs (C(OH)–C–C–N with tert-alkyl or cyclic N) is 1. The van der Waals surface area contributed by atoms with E-state index in [-0.39, 0.29) is 25.3 Å². The zero-order chi connectivity index (χ0) is 32.1. The maximum absolute atomic E-state index is 14.1. The Labute approximate surface area is 263 Å². The molecule has 4 N–H and O–H groups in total. The highest BCUT2D eigenvalue weighted by Crippen LogP contribution is 2.34. The summed E-state index contributed by atoms with van der Waals surface area (Å²) in [6.45, 7) is 5.74. The SMILES string of the molecule is CC(C)(C)C(C(=O)N1CC(O)CC1C(=O)NC(Cc1ccc(-c2ccccc2)cc1)C(N)=O)n1cc(Cc2ccccc2)nn1. The third-order valence-electron chi connectivity index (χ3n) is 8.13. The number of benzene rings is 3. The third kappa shape index (κ3) is 7.64. The number of carbonyl (C=O) groups is 3. The zero-order valence-electron chi connectivity index (χ0n) is 25.8. The molecule has 3 aromatic carbocycles. The van der Waals surface area contributed by atoms with Crippen molar-refractivity contribution in [1.29, 1.82) is 0 Å². The van der Waals surface area contributed by atoms with Crippen molar-refractivity contribution in [2.75, 3.05) is 6.54 Å². The molecule has 4 aromatic rings. The van der Waals surface area contributed by atoms with E-state index in [9.17, 15) is 19.5 Å². The maximum atomic E-state index is 14.1. The number of aliphatic hydroxyl groups excluding tert-OH is 1. The average molecular weight is 609 g/mol. The van der Waals surface area contributed by atoms with E-state index in [1.54, 1.807) is 10.9 Å². The van der Waals surface area contributed by atoms with E-state index in [1.807, 2.05) is 106 Å². The number of carbonyl (C=O) groups excluding carboxylic acids is 3. The fourth-order valence-corrected chi connectivity index (χ4v) is 5.86. The topological polar surface area (TPSA) is 143 Å². The molecule has 1 aliphatic heterocycles. The minimum Gasteiger partial charge on any atom is -0.391 e. The van der Waals surface area contributed by atoms with E-state index in [4.69, 9.17) is 5.73 Å². The molecule has 0 bridgehead atoms. The molecule has 45 heavy (non-hydrogen) atoms. The predicted octanol–water partition coefficient (Wildman–Crippen LogP) is 3.30. The van der Waals surface area contributed by atoms with Crippen LogP contribution < -0.4 is 11.1 Å². The van der Waals surface area contributed by atoms with Crippen molar-refractivity contribution in [3.8, 4) is 11.1 Å². The number of rotatable bonds is 10. The quantitative estimate of drug-likeness (QED) is 0.252. The Bertz CT molecular complexity index is 1620. The molecular weight excluding hydrogens is 568 g/mol. The van der Waals surface area contributed by atoms with Crippen LogP contribution in [0.3, 0.4) is 0 Å². The Morgan fingerprint density at radius 1 is 0.933 bits per heavy atom. The largest absolute Gasteiger partial charge is 0.391 e. The molecule has 10 heteroatoms. The van der Waals surface area contributed by atoms with Gasteiger partial charge in [-0.15, -0.1) is 5.10 Å². The van der Waals surface area contributed by atoms with Crippen LogP contribution in [0.5, 0.6) is 0 Å². The standard InChI is InChI=1S/C35H40N6O4/c1-35(2,3)31(41-21-27(38-39-41)18-23-10-6-4-7-11-23)34(45)40-22-28(42)20-30(40)33(44)37-29(32(36)43)19-24-14-16-26(17-15-24)25-12-8-5-9-13-25/h4-17,21,28-31,42H,18-20,22H2,1-3H3,(H2,36,43)(H,37,44). The van der Waals surface area contributed by atoms with Gasteiger partial charge in [0.15, 0.2) is 0 Å². The molecular formula is C35H40N6O4. The Morgan fingerprint density at radius 3 is 2.18 bits per heavy atom. The van der Waals surface area contributed by atoms with Crippen molar-refractivity contribution in [2.24, 2.45) is 11.1 Å². The van der Waals surface area contributed by atoms with Crippen molar-refractivity contribution in [3.63, 3.8) is 0 Å². The van der Waals surface area contributed by atoms with Crippen molar-refractivity contribution in [1.82, 2.24) is 25.2 Å². The molecule has 1 fully saturated rings. The molecule has 234 valence electrons. The first kappa shape index (κ1) is 31.6. The van der Waals surface area contributed by atoms with Crippen molar-refractivity contribution in [3.05, 3.63) is 108 Å². The van der Waals surface area contributed by atoms with Gasteiger partial charge in [0.1, 0.15) is 18.1 Å². The smallest absolute Gasteiger partial charge is 0.248 e. The first-order chi connectivity index (χ1) is 21.5. The lowest BCUT2D eigenvalue weighted by Gasteiger charge is -2.34. The minimum atomic E-state index is -0.996. The van der Waals surface area contributed by atoms with E-state index >= 15 is 0 Å². The van der Waals surface area contributed by atoms with E-state index in [2.05, 4.69) is 15.6 Å². The highest BCUT2D eigenvalue weighted by atomic mass is 16.3. The van der Waals surface area contributed by atoms with Crippen LogP contribution in [0.4, 0.5) is 0 Å². The molecule has 3 amide bonds. The summed E-state index contributed by atoms with van der Waals surface area (Å²) in [6, 6.07) is 24.7.